The molecule has 1 heterocycles. The van der Waals surface area contributed by atoms with E-state index in [4.69, 9.17) is 5.73 Å². The Hall–Kier alpha value is -0.130. The molecule has 2 fully saturated rings. The zero-order valence-electron chi connectivity index (χ0n) is 10.9. The van der Waals surface area contributed by atoms with Crippen LogP contribution in [0.15, 0.2) is 0 Å². The lowest BCUT2D eigenvalue weighted by Crippen LogP contribution is -2.61. The van der Waals surface area contributed by atoms with Crippen LogP contribution in [0.1, 0.15) is 39.0 Å². The highest BCUT2D eigenvalue weighted by Crippen LogP contribution is 2.42. The van der Waals surface area contributed by atoms with Crippen molar-refractivity contribution in [3.8, 4) is 0 Å². The minimum atomic E-state index is -3.00. The molecule has 3 unspecified atom stereocenters. The van der Waals surface area contributed by atoms with Gasteiger partial charge in [0.15, 0.2) is 9.84 Å². The molecular formula is C12H24N2O2S. The van der Waals surface area contributed by atoms with Crippen LogP contribution in [0.25, 0.3) is 0 Å². The fraction of sp³-hybridized carbons (Fsp3) is 1.00. The maximum atomic E-state index is 12.0. The van der Waals surface area contributed by atoms with E-state index in [9.17, 15) is 8.42 Å². The Balaban J connectivity index is 2.35. The van der Waals surface area contributed by atoms with Gasteiger partial charge in [-0.1, -0.05) is 6.42 Å². The lowest BCUT2D eigenvalue weighted by molar-refractivity contribution is 0.0950. The van der Waals surface area contributed by atoms with Crippen LogP contribution in [0.2, 0.25) is 0 Å². The minimum Gasteiger partial charge on any atom is -0.329 e. The predicted molar refractivity (Wildman–Crippen MR) is 69.7 cm³/mol. The van der Waals surface area contributed by atoms with E-state index in [1.807, 2.05) is 0 Å². The molecule has 5 heteroatoms. The average Bonchev–Trinajstić information content (AvgIpc) is 2.82. The first-order chi connectivity index (χ1) is 7.92. The number of hydrogen-bond donors (Lipinski definition) is 1. The van der Waals surface area contributed by atoms with Gasteiger partial charge in [0.2, 0.25) is 0 Å². The summed E-state index contributed by atoms with van der Waals surface area (Å²) in [7, 11) is -3.00. The van der Waals surface area contributed by atoms with E-state index in [2.05, 4.69) is 11.8 Å². The molecule has 2 rings (SSSR count). The predicted octanol–water partition coefficient (Wildman–Crippen LogP) is 0.765. The van der Waals surface area contributed by atoms with E-state index in [-0.39, 0.29) is 10.8 Å². The van der Waals surface area contributed by atoms with Crippen molar-refractivity contribution in [2.75, 3.05) is 19.3 Å². The second-order valence-corrected chi connectivity index (χ2v) is 7.93. The zero-order valence-corrected chi connectivity index (χ0v) is 11.7. The topological polar surface area (TPSA) is 63.4 Å². The van der Waals surface area contributed by atoms with Gasteiger partial charge in [-0.2, -0.15) is 0 Å². The van der Waals surface area contributed by atoms with E-state index in [0.717, 1.165) is 32.2 Å². The maximum Gasteiger partial charge on any atom is 0.152 e. The standard InChI is InChI=1S/C12H24N2O2S/c1-10-5-4-8-14(10)12(9-13)7-3-6-11(12)17(2,15)16/h10-11H,3-9,13H2,1-2H3. The second kappa shape index (κ2) is 4.52. The number of hydrogen-bond acceptors (Lipinski definition) is 4. The summed E-state index contributed by atoms with van der Waals surface area (Å²) in [6.07, 6.45) is 6.40. The first-order valence-electron chi connectivity index (χ1n) is 6.57. The molecule has 0 bridgehead atoms. The third-order valence-corrected chi connectivity index (χ3v) is 6.38. The van der Waals surface area contributed by atoms with E-state index < -0.39 is 9.84 Å². The van der Waals surface area contributed by atoms with Gasteiger partial charge in [-0.15, -0.1) is 0 Å². The number of nitrogens with two attached hydrogens (primary N) is 1. The number of sulfone groups is 1. The molecule has 0 radical (unpaired) electrons. The van der Waals surface area contributed by atoms with E-state index in [0.29, 0.717) is 12.6 Å². The van der Waals surface area contributed by atoms with Crippen LogP contribution < -0.4 is 5.73 Å². The van der Waals surface area contributed by atoms with Crippen LogP contribution in [0.5, 0.6) is 0 Å². The highest BCUT2D eigenvalue weighted by atomic mass is 32.2. The third-order valence-electron chi connectivity index (χ3n) is 4.67. The highest BCUT2D eigenvalue weighted by molar-refractivity contribution is 7.91. The molecular weight excluding hydrogens is 236 g/mol. The van der Waals surface area contributed by atoms with Crippen molar-refractivity contribution < 1.29 is 8.42 Å². The Labute approximate surface area is 104 Å². The molecule has 4 nitrogen and oxygen atoms in total. The summed E-state index contributed by atoms with van der Waals surface area (Å²) in [5.41, 5.74) is 5.70. The van der Waals surface area contributed by atoms with Crippen molar-refractivity contribution in [2.45, 2.75) is 55.9 Å². The SMILES string of the molecule is CC1CCCN1C1(CN)CCCC1S(C)(=O)=O. The lowest BCUT2D eigenvalue weighted by Gasteiger charge is -2.44. The molecule has 1 aliphatic heterocycles. The van der Waals surface area contributed by atoms with Gasteiger partial charge < -0.3 is 5.73 Å². The summed E-state index contributed by atoms with van der Waals surface area (Å²) in [4.78, 5) is 2.38. The van der Waals surface area contributed by atoms with Crippen molar-refractivity contribution in [3.63, 3.8) is 0 Å². The summed E-state index contributed by atoms with van der Waals surface area (Å²) in [6, 6.07) is 0.473. The summed E-state index contributed by atoms with van der Waals surface area (Å²) in [5.74, 6) is 0. The second-order valence-electron chi connectivity index (χ2n) is 5.70. The molecule has 0 amide bonds. The van der Waals surface area contributed by atoms with Crippen LogP contribution in [-0.4, -0.2) is 49.5 Å². The van der Waals surface area contributed by atoms with Crippen molar-refractivity contribution >= 4 is 9.84 Å². The molecule has 100 valence electrons. The van der Waals surface area contributed by atoms with Crippen LogP contribution in [0, 0.1) is 0 Å². The molecule has 2 N–H and O–H groups in total. The van der Waals surface area contributed by atoms with Gasteiger partial charge >= 0.3 is 0 Å². The van der Waals surface area contributed by atoms with Crippen LogP contribution in [0.4, 0.5) is 0 Å². The number of rotatable bonds is 3. The van der Waals surface area contributed by atoms with Crippen molar-refractivity contribution in [1.82, 2.24) is 4.90 Å². The van der Waals surface area contributed by atoms with Gasteiger partial charge in [0, 0.05) is 18.8 Å². The van der Waals surface area contributed by atoms with Gasteiger partial charge in [-0.3, -0.25) is 4.90 Å². The van der Waals surface area contributed by atoms with Crippen LogP contribution in [-0.2, 0) is 9.84 Å². The Morgan fingerprint density at radius 1 is 1.35 bits per heavy atom. The van der Waals surface area contributed by atoms with E-state index >= 15 is 0 Å². The minimum absolute atomic E-state index is 0.263. The quantitative estimate of drug-likeness (QED) is 0.814. The average molecular weight is 260 g/mol. The summed E-state index contributed by atoms with van der Waals surface area (Å²) in [6.45, 7) is 3.67. The van der Waals surface area contributed by atoms with Crippen molar-refractivity contribution in [3.05, 3.63) is 0 Å². The molecule has 0 aromatic rings. The first kappa shape index (κ1) is 13.3. The van der Waals surface area contributed by atoms with Gasteiger partial charge in [-0.25, -0.2) is 8.42 Å². The van der Waals surface area contributed by atoms with Crippen molar-refractivity contribution in [2.24, 2.45) is 5.73 Å². The van der Waals surface area contributed by atoms with E-state index in [1.165, 1.54) is 12.7 Å². The lowest BCUT2D eigenvalue weighted by atomic mass is 9.94. The summed E-state index contributed by atoms with van der Waals surface area (Å²) < 4.78 is 24.0. The highest BCUT2D eigenvalue weighted by Gasteiger charge is 2.52. The van der Waals surface area contributed by atoms with E-state index in [1.54, 1.807) is 0 Å². The zero-order chi connectivity index (χ0) is 12.7. The Kier molecular flexibility index (Phi) is 3.54. The molecule has 0 aromatic carbocycles. The molecule has 17 heavy (non-hydrogen) atoms. The van der Waals surface area contributed by atoms with Crippen molar-refractivity contribution in [1.29, 1.82) is 0 Å². The molecule has 1 saturated heterocycles. The first-order valence-corrected chi connectivity index (χ1v) is 8.53. The number of likely N-dealkylation sites (tertiary alicyclic amines) is 1. The van der Waals surface area contributed by atoms with Gasteiger partial charge in [0.1, 0.15) is 0 Å². The Morgan fingerprint density at radius 3 is 2.53 bits per heavy atom. The maximum absolute atomic E-state index is 12.0. The molecule has 1 aliphatic carbocycles. The van der Waals surface area contributed by atoms with Gasteiger partial charge in [0.05, 0.1) is 10.8 Å². The Bertz CT molecular complexity index is 382. The fourth-order valence-electron chi connectivity index (χ4n) is 3.91. The monoisotopic (exact) mass is 260 g/mol. The normalized spacial score (nSPS) is 39.9. The Morgan fingerprint density at radius 2 is 2.06 bits per heavy atom. The van der Waals surface area contributed by atoms with Crippen LogP contribution in [0.3, 0.4) is 0 Å². The summed E-state index contributed by atoms with van der Waals surface area (Å²) >= 11 is 0. The number of nitrogens with zero attached hydrogens (tertiary/aromatic N) is 1. The molecule has 0 aromatic heterocycles. The summed E-state index contributed by atoms with van der Waals surface area (Å²) in [5, 5.41) is -0.263. The largest absolute Gasteiger partial charge is 0.329 e. The van der Waals surface area contributed by atoms with Gasteiger partial charge in [0.25, 0.3) is 0 Å². The molecule has 0 spiro atoms. The van der Waals surface area contributed by atoms with Crippen LogP contribution >= 0.6 is 0 Å². The molecule has 1 saturated carbocycles. The fourth-order valence-corrected chi connectivity index (χ4v) is 5.65. The third kappa shape index (κ3) is 2.13. The molecule has 3 atom stereocenters. The van der Waals surface area contributed by atoms with Gasteiger partial charge in [-0.05, 0) is 39.2 Å². The smallest absolute Gasteiger partial charge is 0.152 e. The molecule has 2 aliphatic rings.